The number of benzene rings is 1. The lowest BCUT2D eigenvalue weighted by Gasteiger charge is -2.05. The van der Waals surface area contributed by atoms with E-state index >= 15 is 0 Å². The van der Waals surface area contributed by atoms with E-state index in [9.17, 15) is 4.79 Å². The Kier molecular flexibility index (Phi) is 4.96. The third kappa shape index (κ3) is 4.52. The van der Waals surface area contributed by atoms with Crippen LogP contribution in [0, 0.1) is 5.41 Å². The van der Waals surface area contributed by atoms with Crippen LogP contribution in [0.15, 0.2) is 24.3 Å². The molecule has 4 N–H and O–H groups in total. The van der Waals surface area contributed by atoms with Gasteiger partial charge in [-0.05, 0) is 24.6 Å². The summed E-state index contributed by atoms with van der Waals surface area (Å²) in [5.74, 6) is -0.602. The molecule has 0 fully saturated rings. The zero-order valence-corrected chi connectivity index (χ0v) is 9.53. The van der Waals surface area contributed by atoms with E-state index in [0.717, 1.165) is 5.56 Å². The van der Waals surface area contributed by atoms with Gasteiger partial charge in [-0.25, -0.2) is 10.3 Å². The van der Waals surface area contributed by atoms with Crippen molar-refractivity contribution in [2.24, 2.45) is 5.73 Å². The minimum Gasteiger partial charge on any atom is -0.462 e. The van der Waals surface area contributed by atoms with Gasteiger partial charge in [-0.15, -0.1) is 0 Å². The van der Waals surface area contributed by atoms with Gasteiger partial charge in [0.05, 0.1) is 18.8 Å². The van der Waals surface area contributed by atoms with Gasteiger partial charge < -0.3 is 10.5 Å². The molecule has 0 saturated carbocycles. The van der Waals surface area contributed by atoms with E-state index in [1.807, 2.05) is 0 Å². The van der Waals surface area contributed by atoms with Crippen molar-refractivity contribution >= 4 is 11.9 Å². The third-order valence-electron chi connectivity index (χ3n) is 1.89. The second-order valence-electron chi connectivity index (χ2n) is 3.22. The number of nitrogens with two attached hydrogens (primary N) is 1. The van der Waals surface area contributed by atoms with Gasteiger partial charge in [0.15, 0.2) is 0 Å². The summed E-state index contributed by atoms with van der Waals surface area (Å²) in [7, 11) is 0. The van der Waals surface area contributed by atoms with Crippen LogP contribution in [0.1, 0.15) is 22.8 Å². The molecule has 0 aromatic heterocycles. The molecule has 0 amide bonds. The Balaban J connectivity index is 2.50. The molecule has 0 heterocycles. The van der Waals surface area contributed by atoms with Crippen LogP contribution in [0.25, 0.3) is 0 Å². The highest BCUT2D eigenvalue weighted by atomic mass is 16.6. The number of hydroxylamine groups is 1. The van der Waals surface area contributed by atoms with Crippen LogP contribution in [-0.4, -0.2) is 18.5 Å². The highest BCUT2D eigenvalue weighted by Gasteiger charge is 2.05. The minimum atomic E-state index is -0.346. The topological polar surface area (TPSA) is 97.4 Å². The zero-order valence-electron chi connectivity index (χ0n) is 9.53. The number of carbonyl (C=O) groups excluding carboxylic acids is 1. The molecule has 92 valence electrons. The van der Waals surface area contributed by atoms with Crippen molar-refractivity contribution in [2.75, 3.05) is 6.61 Å². The summed E-state index contributed by atoms with van der Waals surface area (Å²) >= 11 is 0. The fraction of sp³-hybridized carbons (Fsp3) is 0.273. The number of guanidine groups is 1. The van der Waals surface area contributed by atoms with Crippen LogP contribution in [-0.2, 0) is 16.2 Å². The van der Waals surface area contributed by atoms with Crippen LogP contribution in [0.2, 0.25) is 0 Å². The van der Waals surface area contributed by atoms with Gasteiger partial charge in [0.1, 0.15) is 0 Å². The van der Waals surface area contributed by atoms with E-state index in [2.05, 4.69) is 5.48 Å². The number of carbonyl (C=O) groups is 1. The molecule has 1 aromatic rings. The second-order valence-corrected chi connectivity index (χ2v) is 3.22. The molecule has 0 aliphatic carbocycles. The quantitative estimate of drug-likeness (QED) is 0.304. The van der Waals surface area contributed by atoms with Crippen molar-refractivity contribution in [1.29, 1.82) is 5.41 Å². The molecule has 1 rings (SSSR count). The summed E-state index contributed by atoms with van der Waals surface area (Å²) in [5.41, 5.74) is 8.61. The van der Waals surface area contributed by atoms with Gasteiger partial charge in [-0.2, -0.15) is 0 Å². The van der Waals surface area contributed by atoms with Crippen LogP contribution in [0.4, 0.5) is 0 Å². The monoisotopic (exact) mass is 237 g/mol. The normalized spacial score (nSPS) is 9.71. The van der Waals surface area contributed by atoms with Gasteiger partial charge in [0.2, 0.25) is 5.96 Å². The van der Waals surface area contributed by atoms with Gasteiger partial charge in [-0.3, -0.25) is 10.2 Å². The molecule has 17 heavy (non-hydrogen) atoms. The summed E-state index contributed by atoms with van der Waals surface area (Å²) < 4.78 is 4.85. The lowest BCUT2D eigenvalue weighted by Crippen LogP contribution is -2.30. The van der Waals surface area contributed by atoms with Crippen LogP contribution < -0.4 is 11.2 Å². The maximum atomic E-state index is 11.3. The molecule has 1 aromatic carbocycles. The van der Waals surface area contributed by atoms with Gasteiger partial charge in [0.25, 0.3) is 0 Å². The Morgan fingerprint density at radius 1 is 1.41 bits per heavy atom. The first-order valence-electron chi connectivity index (χ1n) is 5.11. The summed E-state index contributed by atoms with van der Waals surface area (Å²) in [4.78, 5) is 16.3. The number of nitrogens with one attached hydrogen (secondary N) is 2. The molecule has 0 radical (unpaired) electrons. The maximum absolute atomic E-state index is 11.3. The number of rotatable bonds is 5. The summed E-state index contributed by atoms with van der Waals surface area (Å²) in [6.45, 7) is 2.36. The smallest absolute Gasteiger partial charge is 0.338 e. The van der Waals surface area contributed by atoms with Crippen molar-refractivity contribution in [3.63, 3.8) is 0 Å². The zero-order chi connectivity index (χ0) is 12.7. The van der Waals surface area contributed by atoms with E-state index in [-0.39, 0.29) is 18.5 Å². The molecule has 6 nitrogen and oxygen atoms in total. The Hall–Kier alpha value is -2.08. The molecule has 0 unspecified atom stereocenters. The highest BCUT2D eigenvalue weighted by Crippen LogP contribution is 2.06. The van der Waals surface area contributed by atoms with Crippen LogP contribution in [0.3, 0.4) is 0 Å². The average molecular weight is 237 g/mol. The molecule has 0 saturated heterocycles. The first kappa shape index (κ1) is 13.0. The summed E-state index contributed by atoms with van der Waals surface area (Å²) in [6, 6.07) is 6.80. The number of esters is 1. The predicted octanol–water partition coefficient (Wildman–Crippen LogP) is 0.778. The van der Waals surface area contributed by atoms with Gasteiger partial charge >= 0.3 is 5.97 Å². The second kappa shape index (κ2) is 6.49. The van der Waals surface area contributed by atoms with E-state index in [0.29, 0.717) is 12.2 Å². The Morgan fingerprint density at radius 3 is 2.59 bits per heavy atom. The van der Waals surface area contributed by atoms with E-state index < -0.39 is 0 Å². The molecule has 0 aliphatic heterocycles. The van der Waals surface area contributed by atoms with Crippen molar-refractivity contribution in [2.45, 2.75) is 13.5 Å². The van der Waals surface area contributed by atoms with Crippen molar-refractivity contribution < 1.29 is 14.4 Å². The number of hydrogen-bond donors (Lipinski definition) is 3. The third-order valence-corrected chi connectivity index (χ3v) is 1.89. The Labute approximate surface area is 99.2 Å². The average Bonchev–Trinajstić information content (AvgIpc) is 2.30. The molecular weight excluding hydrogens is 222 g/mol. The van der Waals surface area contributed by atoms with Gasteiger partial charge in [-0.1, -0.05) is 12.1 Å². The summed E-state index contributed by atoms with van der Waals surface area (Å²) in [5, 5.41) is 6.88. The van der Waals surface area contributed by atoms with E-state index in [4.69, 9.17) is 20.7 Å². The Bertz CT molecular complexity index is 389. The Morgan fingerprint density at radius 2 is 2.06 bits per heavy atom. The van der Waals surface area contributed by atoms with Crippen LogP contribution >= 0.6 is 0 Å². The molecule has 6 heteroatoms. The SMILES string of the molecule is CCOC(=O)c1ccc(CONC(=N)N)cc1. The molecule has 0 atom stereocenters. The van der Waals surface area contributed by atoms with Crippen molar-refractivity contribution in [3.05, 3.63) is 35.4 Å². The maximum Gasteiger partial charge on any atom is 0.338 e. The molecule has 0 bridgehead atoms. The molecule has 0 aliphatic rings. The summed E-state index contributed by atoms with van der Waals surface area (Å²) in [6.07, 6.45) is 0. The van der Waals surface area contributed by atoms with Crippen molar-refractivity contribution in [1.82, 2.24) is 5.48 Å². The molecular formula is C11H15N3O3. The van der Waals surface area contributed by atoms with Crippen molar-refractivity contribution in [3.8, 4) is 0 Å². The minimum absolute atomic E-state index is 0.253. The van der Waals surface area contributed by atoms with Gasteiger partial charge in [0, 0.05) is 0 Å². The lowest BCUT2D eigenvalue weighted by atomic mass is 10.1. The highest BCUT2D eigenvalue weighted by molar-refractivity contribution is 5.89. The number of ether oxygens (including phenoxy) is 1. The van der Waals surface area contributed by atoms with E-state index in [1.54, 1.807) is 31.2 Å². The standard InChI is InChI=1S/C11H15N3O3/c1-2-16-10(15)9-5-3-8(4-6-9)7-17-14-11(12)13/h3-6H,2,7H2,1H3,(H4,12,13,14). The largest absolute Gasteiger partial charge is 0.462 e. The fourth-order valence-electron chi connectivity index (χ4n) is 1.15. The lowest BCUT2D eigenvalue weighted by molar-refractivity contribution is 0.0526. The predicted molar refractivity (Wildman–Crippen MR) is 62.2 cm³/mol. The number of hydrogen-bond acceptors (Lipinski definition) is 4. The van der Waals surface area contributed by atoms with E-state index in [1.165, 1.54) is 0 Å². The van der Waals surface area contributed by atoms with Crippen LogP contribution in [0.5, 0.6) is 0 Å². The fourth-order valence-corrected chi connectivity index (χ4v) is 1.15. The molecule has 0 spiro atoms. The first-order valence-corrected chi connectivity index (χ1v) is 5.11. The first-order chi connectivity index (χ1) is 8.13.